The van der Waals surface area contributed by atoms with Gasteiger partial charge in [0, 0.05) is 17.8 Å². The van der Waals surface area contributed by atoms with Crippen molar-refractivity contribution < 1.29 is 9.84 Å². The zero-order chi connectivity index (χ0) is 14.3. The maximum absolute atomic E-state index is 11.1. The van der Waals surface area contributed by atoms with Crippen LogP contribution in [0.2, 0.25) is 0 Å². The Morgan fingerprint density at radius 3 is 2.67 bits per heavy atom. The van der Waals surface area contributed by atoms with Crippen LogP contribution in [0.15, 0.2) is 30.3 Å². The summed E-state index contributed by atoms with van der Waals surface area (Å²) >= 11 is 2.01. The molecule has 1 aliphatic carbocycles. The van der Waals surface area contributed by atoms with E-state index in [1.165, 1.54) is 17.7 Å². The van der Waals surface area contributed by atoms with Crippen molar-refractivity contribution in [2.45, 2.75) is 49.2 Å². The minimum Gasteiger partial charge on any atom is -0.392 e. The molecule has 1 aromatic carbocycles. The molecule has 1 aromatic rings. The Bertz CT molecular complexity index is 491. The Morgan fingerprint density at radius 1 is 1.19 bits per heavy atom. The number of hydrogen-bond acceptors (Lipinski definition) is 3. The molecular weight excluding hydrogens is 280 g/mol. The monoisotopic (exact) mass is 304 g/mol. The fraction of sp³-hybridized carbons (Fsp3) is 0.667. The van der Waals surface area contributed by atoms with Gasteiger partial charge in [-0.25, -0.2) is 0 Å². The van der Waals surface area contributed by atoms with Gasteiger partial charge in [0.1, 0.15) is 0 Å². The average molecular weight is 304 g/mol. The van der Waals surface area contributed by atoms with Gasteiger partial charge >= 0.3 is 0 Å². The maximum Gasteiger partial charge on any atom is 0.0783 e. The first-order chi connectivity index (χ1) is 10.2. The topological polar surface area (TPSA) is 29.5 Å². The molecule has 0 radical (unpaired) electrons. The molecule has 0 aromatic heterocycles. The van der Waals surface area contributed by atoms with Crippen molar-refractivity contribution in [3.05, 3.63) is 35.9 Å². The van der Waals surface area contributed by atoms with Crippen LogP contribution in [-0.2, 0) is 10.2 Å². The molecule has 0 bridgehead atoms. The Morgan fingerprint density at radius 2 is 2.00 bits per heavy atom. The van der Waals surface area contributed by atoms with Crippen LogP contribution in [0.5, 0.6) is 0 Å². The van der Waals surface area contributed by atoms with Gasteiger partial charge in [-0.1, -0.05) is 30.3 Å². The zero-order valence-corrected chi connectivity index (χ0v) is 13.3. The molecule has 2 saturated heterocycles. The minimum atomic E-state index is -0.203. The van der Waals surface area contributed by atoms with E-state index in [2.05, 4.69) is 30.3 Å². The second-order valence-electron chi connectivity index (χ2n) is 7.05. The zero-order valence-electron chi connectivity index (χ0n) is 12.5. The molecule has 2 aliphatic heterocycles. The number of benzene rings is 1. The summed E-state index contributed by atoms with van der Waals surface area (Å²) in [5, 5.41) is 11.1. The number of thioether (sulfide) groups is 1. The maximum atomic E-state index is 11.1. The van der Waals surface area contributed by atoms with Gasteiger partial charge in [0.15, 0.2) is 0 Å². The third-order valence-corrected chi connectivity index (χ3v) is 6.97. The minimum absolute atomic E-state index is 0.0379. The quantitative estimate of drug-likeness (QED) is 0.928. The first-order valence-electron chi connectivity index (χ1n) is 8.20. The third-order valence-electron chi connectivity index (χ3n) is 5.75. The van der Waals surface area contributed by atoms with Crippen LogP contribution in [0, 0.1) is 5.92 Å². The fourth-order valence-electron chi connectivity index (χ4n) is 4.31. The molecule has 2 nitrogen and oxygen atoms in total. The largest absolute Gasteiger partial charge is 0.392 e. The van der Waals surface area contributed by atoms with Crippen LogP contribution in [0.4, 0.5) is 0 Å². The summed E-state index contributed by atoms with van der Waals surface area (Å²) in [4.78, 5) is 0. The molecule has 3 heteroatoms. The lowest BCUT2D eigenvalue weighted by atomic mass is 9.75. The van der Waals surface area contributed by atoms with Crippen molar-refractivity contribution in [3.8, 4) is 0 Å². The summed E-state index contributed by atoms with van der Waals surface area (Å²) in [6.07, 6.45) is 5.30. The van der Waals surface area contributed by atoms with Gasteiger partial charge in [-0.2, -0.15) is 11.8 Å². The Labute approximate surface area is 131 Å². The fourth-order valence-corrected chi connectivity index (χ4v) is 5.69. The van der Waals surface area contributed by atoms with Crippen molar-refractivity contribution in [2.24, 2.45) is 5.92 Å². The molecule has 0 amide bonds. The first kappa shape index (κ1) is 14.1. The second-order valence-corrected chi connectivity index (χ2v) is 8.16. The van der Waals surface area contributed by atoms with E-state index >= 15 is 0 Å². The number of rotatable bonds is 3. The standard InChI is InChI=1S/C18H24O2S/c19-16(18(7-8-18)15-4-2-1-3-5-15)14-6-10-20-17(12-14)9-11-21-13-17/h1-5,14,16,19H,6-13H2. The number of ether oxygens (including phenoxy) is 1. The summed E-state index contributed by atoms with van der Waals surface area (Å²) in [5.41, 5.74) is 1.44. The molecule has 1 saturated carbocycles. The van der Waals surface area contributed by atoms with Crippen LogP contribution in [0.3, 0.4) is 0 Å². The van der Waals surface area contributed by atoms with E-state index in [4.69, 9.17) is 4.74 Å². The van der Waals surface area contributed by atoms with E-state index in [1.54, 1.807) is 0 Å². The molecule has 3 atom stereocenters. The molecule has 3 fully saturated rings. The summed E-state index contributed by atoms with van der Waals surface area (Å²) in [5.74, 6) is 2.74. The van der Waals surface area contributed by atoms with E-state index < -0.39 is 0 Å². The molecule has 1 spiro atoms. The molecule has 3 unspecified atom stereocenters. The molecule has 21 heavy (non-hydrogen) atoms. The summed E-state index contributed by atoms with van der Waals surface area (Å²) in [6.45, 7) is 0.827. The normalized spacial score (nSPS) is 35.8. The summed E-state index contributed by atoms with van der Waals surface area (Å²) in [6, 6.07) is 10.6. The van der Waals surface area contributed by atoms with Gasteiger partial charge in [0.2, 0.25) is 0 Å². The molecule has 1 N–H and O–H groups in total. The van der Waals surface area contributed by atoms with Gasteiger partial charge in [-0.15, -0.1) is 0 Å². The molecule has 2 heterocycles. The van der Waals surface area contributed by atoms with Gasteiger partial charge in [-0.3, -0.25) is 0 Å². The van der Waals surface area contributed by atoms with Gasteiger partial charge < -0.3 is 9.84 Å². The summed E-state index contributed by atoms with van der Waals surface area (Å²) in [7, 11) is 0. The lowest BCUT2D eigenvalue weighted by molar-refractivity contribution is -0.106. The van der Waals surface area contributed by atoms with Crippen molar-refractivity contribution in [2.75, 3.05) is 18.1 Å². The smallest absolute Gasteiger partial charge is 0.0783 e. The molecular formula is C18H24O2S. The SMILES string of the molecule is OC(C1CCOC2(CCSC2)C1)C1(c2ccccc2)CC1. The Hall–Kier alpha value is -0.510. The number of aliphatic hydroxyl groups excluding tert-OH is 1. The highest BCUT2D eigenvalue weighted by molar-refractivity contribution is 7.99. The lowest BCUT2D eigenvalue weighted by Gasteiger charge is -2.41. The highest BCUT2D eigenvalue weighted by atomic mass is 32.2. The van der Waals surface area contributed by atoms with Crippen LogP contribution in [0.25, 0.3) is 0 Å². The highest BCUT2D eigenvalue weighted by Gasteiger charge is 2.54. The van der Waals surface area contributed by atoms with E-state index in [9.17, 15) is 5.11 Å². The second kappa shape index (κ2) is 5.29. The van der Waals surface area contributed by atoms with E-state index in [0.29, 0.717) is 5.92 Å². The Balaban J connectivity index is 1.53. The van der Waals surface area contributed by atoms with Crippen LogP contribution < -0.4 is 0 Å². The number of hydrogen-bond donors (Lipinski definition) is 1. The van der Waals surface area contributed by atoms with Gasteiger partial charge in [0.05, 0.1) is 11.7 Å². The van der Waals surface area contributed by atoms with Crippen molar-refractivity contribution in [3.63, 3.8) is 0 Å². The van der Waals surface area contributed by atoms with Gasteiger partial charge in [-0.05, 0) is 49.3 Å². The van der Waals surface area contributed by atoms with Crippen LogP contribution >= 0.6 is 11.8 Å². The van der Waals surface area contributed by atoms with E-state index in [1.807, 2.05) is 11.8 Å². The van der Waals surface area contributed by atoms with Crippen molar-refractivity contribution >= 4 is 11.8 Å². The van der Waals surface area contributed by atoms with Crippen molar-refractivity contribution in [1.29, 1.82) is 0 Å². The van der Waals surface area contributed by atoms with Crippen LogP contribution in [-0.4, -0.2) is 34.9 Å². The van der Waals surface area contributed by atoms with Crippen molar-refractivity contribution in [1.82, 2.24) is 0 Å². The predicted molar refractivity (Wildman–Crippen MR) is 86.7 cm³/mol. The molecule has 3 aliphatic rings. The first-order valence-corrected chi connectivity index (χ1v) is 9.35. The predicted octanol–water partition coefficient (Wildman–Crippen LogP) is 3.38. The molecule has 4 rings (SSSR count). The van der Waals surface area contributed by atoms with Crippen LogP contribution in [0.1, 0.15) is 37.7 Å². The highest BCUT2D eigenvalue weighted by Crippen LogP contribution is 2.55. The summed E-state index contributed by atoms with van der Waals surface area (Å²) < 4.78 is 6.11. The third kappa shape index (κ3) is 2.43. The van der Waals surface area contributed by atoms with Gasteiger partial charge in [0.25, 0.3) is 0 Å². The number of aliphatic hydroxyl groups is 1. The van der Waals surface area contributed by atoms with E-state index in [0.717, 1.165) is 38.0 Å². The lowest BCUT2D eigenvalue weighted by Crippen LogP contribution is -2.46. The average Bonchev–Trinajstić information content (AvgIpc) is 3.24. The molecule has 114 valence electrons. The van der Waals surface area contributed by atoms with E-state index in [-0.39, 0.29) is 17.1 Å². The Kier molecular flexibility index (Phi) is 3.55.